The zero-order valence-electron chi connectivity index (χ0n) is 18.4. The Kier molecular flexibility index (Phi) is 5.48. The molecule has 10 heteroatoms. The van der Waals surface area contributed by atoms with Crippen molar-refractivity contribution < 1.29 is 24.2 Å². The molecular formula is C24H23N5O5. The summed E-state index contributed by atoms with van der Waals surface area (Å²) in [7, 11) is 0. The van der Waals surface area contributed by atoms with Crippen LogP contribution in [0.25, 0.3) is 11.1 Å². The maximum atomic E-state index is 12.5. The molecule has 3 N–H and O–H groups in total. The van der Waals surface area contributed by atoms with Crippen molar-refractivity contribution in [1.82, 2.24) is 20.1 Å². The number of aliphatic carboxylic acids is 1. The number of likely N-dealkylation sites (tertiary alicyclic amines) is 1. The van der Waals surface area contributed by atoms with Crippen LogP contribution in [-0.4, -0.2) is 62.9 Å². The minimum atomic E-state index is -0.883. The van der Waals surface area contributed by atoms with Gasteiger partial charge < -0.3 is 14.7 Å². The normalized spacial score (nSPS) is 15.7. The van der Waals surface area contributed by atoms with E-state index in [0.29, 0.717) is 13.1 Å². The van der Waals surface area contributed by atoms with E-state index < -0.39 is 23.9 Å². The van der Waals surface area contributed by atoms with Gasteiger partial charge in [-0.05, 0) is 22.3 Å². The Morgan fingerprint density at radius 2 is 1.74 bits per heavy atom. The predicted octanol–water partition coefficient (Wildman–Crippen LogP) is 2.96. The zero-order chi connectivity index (χ0) is 23.8. The Labute approximate surface area is 195 Å². The van der Waals surface area contributed by atoms with Gasteiger partial charge in [-0.15, -0.1) is 5.10 Å². The monoisotopic (exact) mass is 461 g/mol. The molecule has 1 saturated heterocycles. The van der Waals surface area contributed by atoms with Crippen molar-refractivity contribution in [1.29, 1.82) is 0 Å². The molecule has 3 aromatic rings. The van der Waals surface area contributed by atoms with E-state index in [2.05, 4.69) is 32.6 Å². The van der Waals surface area contributed by atoms with Crippen molar-refractivity contribution in [3.63, 3.8) is 0 Å². The average molecular weight is 461 g/mol. The number of amides is 2. The number of carboxylic acid groups (broad SMARTS) is 1. The van der Waals surface area contributed by atoms with E-state index in [1.807, 2.05) is 36.4 Å². The van der Waals surface area contributed by atoms with Gasteiger partial charge in [-0.25, -0.2) is 4.79 Å². The summed E-state index contributed by atoms with van der Waals surface area (Å²) in [5.41, 5.74) is 4.48. The van der Waals surface area contributed by atoms with Gasteiger partial charge in [0.15, 0.2) is 0 Å². The third-order valence-electron chi connectivity index (χ3n) is 6.54. The lowest BCUT2D eigenvalue weighted by molar-refractivity contribution is -0.144. The molecule has 10 nitrogen and oxygen atoms in total. The summed E-state index contributed by atoms with van der Waals surface area (Å²) >= 11 is 0. The molecule has 34 heavy (non-hydrogen) atoms. The SMILES string of the molecule is CC(C(=O)O)C1CN(C(=O)c2nc(NC(=O)OCC3c4ccccc4-c4ccccc43)n[nH]2)C1. The van der Waals surface area contributed by atoms with E-state index in [1.165, 1.54) is 4.90 Å². The minimum Gasteiger partial charge on any atom is -0.481 e. The van der Waals surface area contributed by atoms with Gasteiger partial charge >= 0.3 is 12.1 Å². The van der Waals surface area contributed by atoms with E-state index in [1.54, 1.807) is 6.92 Å². The van der Waals surface area contributed by atoms with Crippen LogP contribution < -0.4 is 5.32 Å². The van der Waals surface area contributed by atoms with E-state index >= 15 is 0 Å². The number of nitrogens with one attached hydrogen (secondary N) is 2. The Morgan fingerprint density at radius 3 is 2.35 bits per heavy atom. The number of rotatable bonds is 6. The first-order valence-corrected chi connectivity index (χ1v) is 11.0. The highest BCUT2D eigenvalue weighted by Crippen LogP contribution is 2.44. The van der Waals surface area contributed by atoms with E-state index in [9.17, 15) is 14.4 Å². The number of ether oxygens (including phenoxy) is 1. The topological polar surface area (TPSA) is 138 Å². The third kappa shape index (κ3) is 3.87. The second-order valence-corrected chi connectivity index (χ2v) is 8.56. The van der Waals surface area contributed by atoms with Gasteiger partial charge in [0.05, 0.1) is 5.92 Å². The fraction of sp³-hybridized carbons (Fsp3) is 0.292. The molecule has 1 fully saturated rings. The van der Waals surface area contributed by atoms with Gasteiger partial charge in [0.25, 0.3) is 11.9 Å². The van der Waals surface area contributed by atoms with Crippen LogP contribution in [0.4, 0.5) is 10.7 Å². The Morgan fingerprint density at radius 1 is 1.12 bits per heavy atom. The second kappa shape index (κ2) is 8.62. The summed E-state index contributed by atoms with van der Waals surface area (Å²) in [6.45, 7) is 2.44. The molecule has 0 saturated carbocycles. The molecule has 0 bridgehead atoms. The first-order chi connectivity index (χ1) is 16.4. The van der Waals surface area contributed by atoms with Crippen LogP contribution in [0.15, 0.2) is 48.5 Å². The molecule has 2 aromatic carbocycles. The lowest BCUT2D eigenvalue weighted by Gasteiger charge is -2.40. The van der Waals surface area contributed by atoms with Gasteiger partial charge in [-0.2, -0.15) is 4.98 Å². The van der Waals surface area contributed by atoms with Crippen LogP contribution in [0.1, 0.15) is 34.6 Å². The predicted molar refractivity (Wildman–Crippen MR) is 121 cm³/mol. The highest BCUT2D eigenvalue weighted by atomic mass is 16.5. The van der Waals surface area contributed by atoms with Gasteiger partial charge in [-0.1, -0.05) is 55.5 Å². The highest BCUT2D eigenvalue weighted by Gasteiger charge is 2.38. The molecule has 2 heterocycles. The quantitative estimate of drug-likeness (QED) is 0.513. The number of aromatic nitrogens is 3. The number of anilines is 1. The van der Waals surface area contributed by atoms with E-state index in [0.717, 1.165) is 22.3 Å². The van der Waals surface area contributed by atoms with Crippen molar-refractivity contribution in [2.75, 3.05) is 25.0 Å². The van der Waals surface area contributed by atoms with Crippen LogP contribution in [-0.2, 0) is 9.53 Å². The third-order valence-corrected chi connectivity index (χ3v) is 6.54. The molecule has 1 atom stereocenters. The number of nitrogens with zero attached hydrogens (tertiary/aromatic N) is 3. The standard InChI is InChI=1S/C24H23N5O5/c1-13(22(31)32)14-10-29(11-14)21(30)20-25-23(28-27-20)26-24(33)34-12-19-17-8-4-2-6-15(17)16-7-3-5-9-18(16)19/h2-9,13-14,19H,10-12H2,1H3,(H,31,32)(H2,25,26,27,28,33). The highest BCUT2D eigenvalue weighted by molar-refractivity contribution is 5.92. The molecule has 1 unspecified atom stereocenters. The van der Waals surface area contributed by atoms with Crippen molar-refractivity contribution in [2.45, 2.75) is 12.8 Å². The largest absolute Gasteiger partial charge is 0.481 e. The lowest BCUT2D eigenvalue weighted by atomic mass is 9.87. The smallest absolute Gasteiger partial charge is 0.414 e. The number of hydrogen-bond acceptors (Lipinski definition) is 6. The van der Waals surface area contributed by atoms with Crippen LogP contribution in [0, 0.1) is 11.8 Å². The van der Waals surface area contributed by atoms with Gasteiger partial charge in [0.1, 0.15) is 6.61 Å². The number of benzene rings is 2. The molecule has 1 aliphatic heterocycles. The van der Waals surface area contributed by atoms with E-state index in [4.69, 9.17) is 9.84 Å². The number of carbonyl (C=O) groups is 3. The second-order valence-electron chi connectivity index (χ2n) is 8.56. The first kappa shape index (κ1) is 21.6. The fourth-order valence-electron chi connectivity index (χ4n) is 4.49. The van der Waals surface area contributed by atoms with Gasteiger partial charge in [-0.3, -0.25) is 20.0 Å². The minimum absolute atomic E-state index is 0.0321. The van der Waals surface area contributed by atoms with Crippen LogP contribution in [0.5, 0.6) is 0 Å². The maximum Gasteiger partial charge on any atom is 0.414 e. The lowest BCUT2D eigenvalue weighted by Crippen LogP contribution is -2.53. The summed E-state index contributed by atoms with van der Waals surface area (Å²) in [5.74, 6) is -2.08. The molecule has 2 amide bonds. The van der Waals surface area contributed by atoms with Crippen LogP contribution in [0.3, 0.4) is 0 Å². The van der Waals surface area contributed by atoms with Crippen LogP contribution >= 0.6 is 0 Å². The number of carbonyl (C=O) groups excluding carboxylic acids is 2. The average Bonchev–Trinajstić information content (AvgIpc) is 3.39. The molecule has 2 aliphatic rings. The summed E-state index contributed by atoms with van der Waals surface area (Å²) < 4.78 is 5.46. The fourth-order valence-corrected chi connectivity index (χ4v) is 4.49. The Bertz CT molecular complexity index is 1220. The zero-order valence-corrected chi connectivity index (χ0v) is 18.4. The van der Waals surface area contributed by atoms with Crippen molar-refractivity contribution >= 4 is 23.9 Å². The maximum absolute atomic E-state index is 12.5. The summed E-state index contributed by atoms with van der Waals surface area (Å²) in [4.78, 5) is 41.4. The van der Waals surface area contributed by atoms with Gasteiger partial charge in [0, 0.05) is 24.9 Å². The summed E-state index contributed by atoms with van der Waals surface area (Å²) in [6.07, 6.45) is -0.723. The molecule has 1 aliphatic carbocycles. The summed E-state index contributed by atoms with van der Waals surface area (Å²) in [5, 5.41) is 17.9. The number of carboxylic acids is 1. The summed E-state index contributed by atoms with van der Waals surface area (Å²) in [6, 6.07) is 16.1. The Balaban J connectivity index is 1.17. The van der Waals surface area contributed by atoms with Crippen molar-refractivity contribution in [3.8, 4) is 11.1 Å². The number of H-pyrrole nitrogens is 1. The van der Waals surface area contributed by atoms with Crippen LogP contribution in [0.2, 0.25) is 0 Å². The van der Waals surface area contributed by atoms with E-state index in [-0.39, 0.29) is 30.2 Å². The van der Waals surface area contributed by atoms with Gasteiger partial charge in [0.2, 0.25) is 5.82 Å². The first-order valence-electron chi connectivity index (χ1n) is 11.0. The Hall–Kier alpha value is -4.21. The number of aromatic amines is 1. The molecular weight excluding hydrogens is 438 g/mol. The molecule has 0 radical (unpaired) electrons. The van der Waals surface area contributed by atoms with Crippen molar-refractivity contribution in [3.05, 3.63) is 65.5 Å². The molecule has 1 aromatic heterocycles. The molecule has 0 spiro atoms. The number of hydrogen-bond donors (Lipinski definition) is 3. The molecule has 5 rings (SSSR count). The molecule has 174 valence electrons. The van der Waals surface area contributed by atoms with Crippen molar-refractivity contribution in [2.24, 2.45) is 11.8 Å². The number of fused-ring (bicyclic) bond motifs is 3.